The van der Waals surface area contributed by atoms with E-state index in [4.69, 9.17) is 0 Å². The Morgan fingerprint density at radius 3 is 2.67 bits per heavy atom. The van der Waals surface area contributed by atoms with E-state index in [1.807, 2.05) is 11.4 Å². The Morgan fingerprint density at radius 1 is 1.47 bits per heavy atom. The molecule has 0 fully saturated rings. The van der Waals surface area contributed by atoms with Crippen LogP contribution in [-0.2, 0) is 14.3 Å². The van der Waals surface area contributed by atoms with Gasteiger partial charge in [-0.1, -0.05) is 6.58 Å². The first-order valence-electron chi connectivity index (χ1n) is 4.31. The summed E-state index contributed by atoms with van der Waals surface area (Å²) in [6, 6.07) is 1.87. The summed E-state index contributed by atoms with van der Waals surface area (Å²) in [5, 5.41) is 2.78. The Bertz CT molecular complexity index is 577. The zero-order chi connectivity index (χ0) is 11.0. The molecule has 2 rings (SSSR count). The fourth-order valence-electron chi connectivity index (χ4n) is 1.43. The molecule has 2 heterocycles. The molecule has 1 aromatic rings. The number of ether oxygens (including phenoxy) is 1. The molecule has 0 unspecified atom stereocenters. The van der Waals surface area contributed by atoms with E-state index in [0.29, 0.717) is 5.57 Å². The van der Waals surface area contributed by atoms with Gasteiger partial charge < -0.3 is 4.74 Å². The molecule has 0 bridgehead atoms. The molecule has 1 aliphatic rings. The zero-order valence-electron chi connectivity index (χ0n) is 8.07. The van der Waals surface area contributed by atoms with Gasteiger partial charge >= 0.3 is 11.9 Å². The number of cyclic esters (lactones) is 2. The maximum atomic E-state index is 11.3. The van der Waals surface area contributed by atoms with Crippen molar-refractivity contribution in [3.8, 4) is 0 Å². The summed E-state index contributed by atoms with van der Waals surface area (Å²) in [7, 11) is 0. The molecule has 3 nitrogen and oxygen atoms in total. The molecule has 1 aliphatic heterocycles. The molecule has 0 N–H and O–H groups in total. The summed E-state index contributed by atoms with van der Waals surface area (Å²) in [5.41, 5.74) is 1.06. The van der Waals surface area contributed by atoms with E-state index in [1.54, 1.807) is 6.92 Å². The molecule has 15 heavy (non-hydrogen) atoms. The van der Waals surface area contributed by atoms with E-state index >= 15 is 0 Å². The molecule has 0 aliphatic carbocycles. The van der Waals surface area contributed by atoms with Crippen LogP contribution in [0.4, 0.5) is 0 Å². The summed E-state index contributed by atoms with van der Waals surface area (Å²) in [5.74, 6) is -1.18. The minimum Gasteiger partial charge on any atom is -0.386 e. The normalized spacial score (nSPS) is 17.5. The van der Waals surface area contributed by atoms with E-state index in [1.165, 1.54) is 17.4 Å². The van der Waals surface area contributed by atoms with Crippen molar-refractivity contribution in [2.24, 2.45) is 0 Å². The summed E-state index contributed by atoms with van der Waals surface area (Å²) < 4.78 is 5.30. The van der Waals surface area contributed by atoms with Crippen LogP contribution in [0.15, 0.2) is 23.1 Å². The molecule has 0 aromatic carbocycles. The Morgan fingerprint density at radius 2 is 2.20 bits per heavy atom. The molecular weight excluding hydrogens is 212 g/mol. The highest BCUT2D eigenvalue weighted by molar-refractivity contribution is 7.07. The first kappa shape index (κ1) is 9.86. The van der Waals surface area contributed by atoms with Gasteiger partial charge in [-0.2, -0.15) is 0 Å². The fraction of sp³-hybridized carbons (Fsp3) is 0.0909. The Balaban J connectivity index is 2.65. The van der Waals surface area contributed by atoms with E-state index in [9.17, 15) is 9.59 Å². The maximum absolute atomic E-state index is 11.3. The lowest BCUT2D eigenvalue weighted by Gasteiger charge is -1.96. The number of thiophene rings is 1. The van der Waals surface area contributed by atoms with Crippen LogP contribution in [0.1, 0.15) is 6.92 Å². The number of esters is 2. The lowest BCUT2D eigenvalue weighted by atomic mass is 10.1. The quantitative estimate of drug-likeness (QED) is 0.506. The van der Waals surface area contributed by atoms with E-state index in [2.05, 4.69) is 11.3 Å². The van der Waals surface area contributed by atoms with Crippen LogP contribution in [0, 0.1) is 0 Å². The average Bonchev–Trinajstić information content (AvgIpc) is 2.71. The van der Waals surface area contributed by atoms with E-state index in [-0.39, 0.29) is 0 Å². The largest absolute Gasteiger partial charge is 0.386 e. The third-order valence-corrected chi connectivity index (χ3v) is 3.01. The van der Waals surface area contributed by atoms with Crippen LogP contribution in [0.2, 0.25) is 0 Å². The van der Waals surface area contributed by atoms with Crippen LogP contribution in [-0.4, -0.2) is 11.9 Å². The van der Waals surface area contributed by atoms with Gasteiger partial charge in [0.25, 0.3) is 0 Å². The van der Waals surface area contributed by atoms with Gasteiger partial charge in [0, 0.05) is 10.6 Å². The minimum absolute atomic E-state index is 0.322. The zero-order valence-corrected chi connectivity index (χ0v) is 8.89. The van der Waals surface area contributed by atoms with Crippen molar-refractivity contribution in [1.29, 1.82) is 0 Å². The van der Waals surface area contributed by atoms with Crippen LogP contribution in [0.5, 0.6) is 0 Å². The van der Waals surface area contributed by atoms with Crippen molar-refractivity contribution in [2.75, 3.05) is 0 Å². The van der Waals surface area contributed by atoms with Crippen LogP contribution >= 0.6 is 11.3 Å². The number of carbonyl (C=O) groups is 2. The number of rotatable bonds is 1. The molecular formula is C11H8O3S. The van der Waals surface area contributed by atoms with Gasteiger partial charge in [-0.25, -0.2) is 9.59 Å². The Hall–Kier alpha value is -1.68. The molecule has 0 spiro atoms. The van der Waals surface area contributed by atoms with Crippen molar-refractivity contribution < 1.29 is 14.3 Å². The van der Waals surface area contributed by atoms with E-state index in [0.717, 1.165) is 15.3 Å². The van der Waals surface area contributed by atoms with Crippen molar-refractivity contribution in [3.63, 3.8) is 0 Å². The lowest BCUT2D eigenvalue weighted by molar-refractivity contribution is -0.150. The highest BCUT2D eigenvalue weighted by Gasteiger charge is 2.24. The van der Waals surface area contributed by atoms with Crippen molar-refractivity contribution in [2.45, 2.75) is 6.92 Å². The second kappa shape index (κ2) is 3.47. The third kappa shape index (κ3) is 1.64. The van der Waals surface area contributed by atoms with Gasteiger partial charge in [0.05, 0.1) is 5.57 Å². The van der Waals surface area contributed by atoms with Crippen LogP contribution in [0.25, 0.3) is 12.2 Å². The van der Waals surface area contributed by atoms with Gasteiger partial charge in [-0.15, -0.1) is 11.3 Å². The Kier molecular flexibility index (Phi) is 2.28. The predicted octanol–water partition coefficient (Wildman–Crippen LogP) is 0.339. The predicted molar refractivity (Wildman–Crippen MR) is 57.4 cm³/mol. The molecule has 4 heteroatoms. The topological polar surface area (TPSA) is 43.4 Å². The SMILES string of the molecule is C=c1scc/c1=C(\C)C1=CC(=O)OC1=O. The Labute approximate surface area is 90.0 Å². The number of hydrogen-bond donors (Lipinski definition) is 0. The summed E-state index contributed by atoms with van der Waals surface area (Å²) >= 11 is 1.50. The van der Waals surface area contributed by atoms with Crippen molar-refractivity contribution in [1.82, 2.24) is 0 Å². The molecule has 0 saturated carbocycles. The number of carbonyl (C=O) groups excluding carboxylic acids is 2. The average molecular weight is 220 g/mol. The summed E-state index contributed by atoms with van der Waals surface area (Å²) in [4.78, 5) is 22.2. The summed E-state index contributed by atoms with van der Waals surface area (Å²) in [6.07, 6.45) is 1.22. The van der Waals surface area contributed by atoms with Gasteiger partial charge in [-0.05, 0) is 29.2 Å². The van der Waals surface area contributed by atoms with Gasteiger partial charge in [-0.3, -0.25) is 0 Å². The van der Waals surface area contributed by atoms with Crippen molar-refractivity contribution >= 4 is 35.4 Å². The molecule has 0 atom stereocenters. The first-order valence-corrected chi connectivity index (χ1v) is 5.19. The van der Waals surface area contributed by atoms with Gasteiger partial charge in [0.1, 0.15) is 0 Å². The molecule has 0 amide bonds. The molecule has 1 aromatic heterocycles. The second-order valence-electron chi connectivity index (χ2n) is 3.15. The maximum Gasteiger partial charge on any atom is 0.346 e. The highest BCUT2D eigenvalue weighted by atomic mass is 32.1. The van der Waals surface area contributed by atoms with Crippen LogP contribution < -0.4 is 9.75 Å². The smallest absolute Gasteiger partial charge is 0.346 e. The van der Waals surface area contributed by atoms with Gasteiger partial charge in [0.15, 0.2) is 0 Å². The highest BCUT2D eigenvalue weighted by Crippen LogP contribution is 2.16. The second-order valence-corrected chi connectivity index (χ2v) is 4.15. The first-order chi connectivity index (χ1) is 7.09. The number of hydrogen-bond acceptors (Lipinski definition) is 4. The van der Waals surface area contributed by atoms with Crippen molar-refractivity contribution in [3.05, 3.63) is 32.8 Å². The standard InChI is InChI=1S/C11H8O3S/c1-6(8-3-4-15-7(8)2)9-5-10(12)14-11(9)13/h3-5H,2H2,1H3/b8-6-. The molecule has 0 radical (unpaired) electrons. The lowest BCUT2D eigenvalue weighted by Crippen LogP contribution is -2.20. The van der Waals surface area contributed by atoms with Gasteiger partial charge in [0.2, 0.25) is 0 Å². The molecule has 76 valence electrons. The van der Waals surface area contributed by atoms with E-state index < -0.39 is 11.9 Å². The van der Waals surface area contributed by atoms with Crippen LogP contribution in [0.3, 0.4) is 0 Å². The fourth-order valence-corrected chi connectivity index (χ4v) is 2.15. The minimum atomic E-state index is -0.602. The summed E-state index contributed by atoms with van der Waals surface area (Å²) in [6.45, 7) is 5.63. The monoisotopic (exact) mass is 220 g/mol. The third-order valence-electron chi connectivity index (χ3n) is 2.23. The molecule has 0 saturated heterocycles.